The second-order valence-corrected chi connectivity index (χ2v) is 10.8. The molecule has 1 atom stereocenters. The van der Waals surface area contributed by atoms with E-state index in [4.69, 9.17) is 5.73 Å². The van der Waals surface area contributed by atoms with Gasteiger partial charge in [-0.1, -0.05) is 12.5 Å². The van der Waals surface area contributed by atoms with Crippen LogP contribution in [0.5, 0.6) is 0 Å². The minimum absolute atomic E-state index is 0.00420. The van der Waals surface area contributed by atoms with Crippen LogP contribution in [-0.4, -0.2) is 33.6 Å². The summed E-state index contributed by atoms with van der Waals surface area (Å²) in [4.78, 5) is 12.7. The molecule has 2 aromatic rings. The van der Waals surface area contributed by atoms with E-state index >= 15 is 0 Å². The number of hydrogen-bond donors (Lipinski definition) is 2. The Morgan fingerprint density at radius 2 is 1.73 bits per heavy atom. The van der Waals surface area contributed by atoms with Crippen molar-refractivity contribution in [1.82, 2.24) is 9.62 Å². The van der Waals surface area contributed by atoms with Crippen LogP contribution in [0.25, 0.3) is 5.70 Å². The molecule has 2 rings (SSSR count). The highest BCUT2D eigenvalue weighted by atomic mass is 32.2. The summed E-state index contributed by atoms with van der Waals surface area (Å²) in [5.41, 5.74) is 9.17. The lowest BCUT2D eigenvalue weighted by molar-refractivity contribution is -0.140. The number of hydrogen-bond acceptors (Lipinski definition) is 4. The standard InChI is InChI=1S/C27H35F4N3O2S/c1-6-11-34(37(36)13-10-22-18(4)14-21(32)15-19(22)5)12-9-25(35)33-26(17(2)3)20-7-8-24(28)23(16-20)27(29,30)31/h7-8,14-16H,6,9-13,32H2,1-5H3,(H,33,35)/t37-/m0/s1. The third-order valence-corrected chi connectivity index (χ3v) is 7.41. The minimum atomic E-state index is -4.86. The number of nitrogens with zero attached hydrogens (tertiary/aromatic N) is 1. The highest BCUT2D eigenvalue weighted by Gasteiger charge is 2.34. The lowest BCUT2D eigenvalue weighted by Gasteiger charge is -2.24. The number of nitrogens with one attached hydrogen (secondary N) is 1. The number of nitrogens with two attached hydrogens (primary N) is 1. The normalized spacial score (nSPS) is 12.5. The SMILES string of the molecule is CCCN(CCC(=O)NC(=C(C)C)c1ccc(F)c(C(F)(F)F)c1)[S@@+]([O-])CCc1c(C)cc(N)cc1C. The van der Waals surface area contributed by atoms with Gasteiger partial charge in [-0.2, -0.15) is 13.2 Å². The molecule has 37 heavy (non-hydrogen) atoms. The summed E-state index contributed by atoms with van der Waals surface area (Å²) in [6.07, 6.45) is -3.52. The van der Waals surface area contributed by atoms with Crippen molar-refractivity contribution in [1.29, 1.82) is 0 Å². The van der Waals surface area contributed by atoms with Crippen LogP contribution in [0.1, 0.15) is 61.4 Å². The molecular formula is C27H35F4N3O2S. The minimum Gasteiger partial charge on any atom is -0.598 e. The number of allylic oxidation sites excluding steroid dienone is 1. The maximum absolute atomic E-state index is 13.7. The fraction of sp³-hybridized carbons (Fsp3) is 0.444. The van der Waals surface area contributed by atoms with Gasteiger partial charge in [0.25, 0.3) is 0 Å². The molecule has 0 heterocycles. The largest absolute Gasteiger partial charge is 0.598 e. The van der Waals surface area contributed by atoms with E-state index in [-0.39, 0.29) is 24.2 Å². The second-order valence-electron chi connectivity index (χ2n) is 9.20. The Kier molecular flexibility index (Phi) is 11.0. The van der Waals surface area contributed by atoms with Crippen LogP contribution in [0, 0.1) is 19.7 Å². The zero-order chi connectivity index (χ0) is 27.9. The van der Waals surface area contributed by atoms with E-state index in [2.05, 4.69) is 5.32 Å². The summed E-state index contributed by atoms with van der Waals surface area (Å²) in [5.74, 6) is -1.42. The summed E-state index contributed by atoms with van der Waals surface area (Å²) in [5, 5.41) is 2.66. The Labute approximate surface area is 219 Å². The highest BCUT2D eigenvalue weighted by Crippen LogP contribution is 2.33. The molecule has 0 spiro atoms. The number of aryl methyl sites for hydroxylation is 2. The molecule has 0 saturated carbocycles. The molecule has 0 unspecified atom stereocenters. The van der Waals surface area contributed by atoms with Gasteiger partial charge >= 0.3 is 6.18 Å². The first-order valence-corrected chi connectivity index (χ1v) is 13.4. The van der Waals surface area contributed by atoms with Gasteiger partial charge in [-0.15, -0.1) is 4.31 Å². The molecule has 0 fully saturated rings. The zero-order valence-electron chi connectivity index (χ0n) is 21.9. The predicted octanol–water partition coefficient (Wildman–Crippen LogP) is 5.92. The molecule has 3 N–H and O–H groups in total. The van der Waals surface area contributed by atoms with Gasteiger partial charge in [0.2, 0.25) is 5.91 Å². The summed E-state index contributed by atoms with van der Waals surface area (Å²) < 4.78 is 68.0. The van der Waals surface area contributed by atoms with Gasteiger partial charge in [0.15, 0.2) is 0 Å². The van der Waals surface area contributed by atoms with Crippen molar-refractivity contribution in [2.24, 2.45) is 0 Å². The maximum atomic E-state index is 13.7. The van der Waals surface area contributed by atoms with Gasteiger partial charge in [0.05, 0.1) is 12.1 Å². The molecule has 2 aromatic carbocycles. The first-order chi connectivity index (χ1) is 17.2. The van der Waals surface area contributed by atoms with E-state index < -0.39 is 34.8 Å². The molecule has 10 heteroatoms. The Hall–Kier alpha value is -2.56. The van der Waals surface area contributed by atoms with Gasteiger partial charge in [-0.05, 0) is 86.7 Å². The van der Waals surface area contributed by atoms with E-state index in [9.17, 15) is 26.9 Å². The number of carbonyl (C=O) groups excluding carboxylic acids is 1. The van der Waals surface area contributed by atoms with E-state index in [1.807, 2.05) is 32.9 Å². The number of nitrogen functional groups attached to an aromatic ring is 1. The van der Waals surface area contributed by atoms with Crippen molar-refractivity contribution in [2.75, 3.05) is 24.6 Å². The van der Waals surface area contributed by atoms with Crippen molar-refractivity contribution in [3.8, 4) is 0 Å². The van der Waals surface area contributed by atoms with Crippen LogP contribution in [-0.2, 0) is 28.8 Å². The van der Waals surface area contributed by atoms with Crippen LogP contribution < -0.4 is 11.1 Å². The van der Waals surface area contributed by atoms with Crippen molar-refractivity contribution in [2.45, 2.75) is 60.1 Å². The molecule has 0 aliphatic rings. The average molecular weight is 542 g/mol. The maximum Gasteiger partial charge on any atom is 0.419 e. The van der Waals surface area contributed by atoms with Gasteiger partial charge in [0.1, 0.15) is 11.6 Å². The first-order valence-electron chi connectivity index (χ1n) is 12.1. The second kappa shape index (κ2) is 13.3. The highest BCUT2D eigenvalue weighted by molar-refractivity contribution is 7.89. The fourth-order valence-electron chi connectivity index (χ4n) is 4.12. The molecule has 0 radical (unpaired) electrons. The fourth-order valence-corrected chi connectivity index (χ4v) is 5.43. The van der Waals surface area contributed by atoms with Gasteiger partial charge in [0, 0.05) is 42.1 Å². The Bertz CT molecular complexity index is 1110. The monoisotopic (exact) mass is 541 g/mol. The molecule has 0 bridgehead atoms. The van der Waals surface area contributed by atoms with Gasteiger partial charge in [-0.25, -0.2) is 4.39 Å². The van der Waals surface area contributed by atoms with Crippen LogP contribution in [0.3, 0.4) is 0 Å². The lowest BCUT2D eigenvalue weighted by Crippen LogP contribution is -2.37. The molecule has 0 saturated heterocycles. The smallest absolute Gasteiger partial charge is 0.419 e. The Morgan fingerprint density at radius 1 is 1.11 bits per heavy atom. The molecule has 0 aliphatic heterocycles. The number of halogens is 4. The summed E-state index contributed by atoms with van der Waals surface area (Å²) in [6, 6.07) is 6.41. The third-order valence-electron chi connectivity index (χ3n) is 5.92. The van der Waals surface area contributed by atoms with Crippen molar-refractivity contribution < 1.29 is 26.9 Å². The number of alkyl halides is 3. The molecular weight excluding hydrogens is 506 g/mol. The number of rotatable bonds is 11. The molecule has 1 amide bonds. The van der Waals surface area contributed by atoms with E-state index in [1.54, 1.807) is 18.2 Å². The zero-order valence-corrected chi connectivity index (χ0v) is 22.7. The topological polar surface area (TPSA) is 81.4 Å². The predicted molar refractivity (Wildman–Crippen MR) is 141 cm³/mol. The van der Waals surface area contributed by atoms with Gasteiger partial charge in [-0.3, -0.25) is 4.79 Å². The molecule has 0 aromatic heterocycles. The molecule has 204 valence electrons. The number of carbonyl (C=O) groups is 1. The Balaban J connectivity index is 2.06. The number of benzene rings is 2. The summed E-state index contributed by atoms with van der Waals surface area (Å²) in [7, 11) is 0. The van der Waals surface area contributed by atoms with E-state index in [0.717, 1.165) is 29.2 Å². The Morgan fingerprint density at radius 3 is 2.27 bits per heavy atom. The van der Waals surface area contributed by atoms with Crippen molar-refractivity contribution in [3.63, 3.8) is 0 Å². The number of anilines is 1. The molecule has 5 nitrogen and oxygen atoms in total. The first kappa shape index (κ1) is 30.7. The molecule has 0 aliphatic carbocycles. The summed E-state index contributed by atoms with van der Waals surface area (Å²) in [6.45, 7) is 9.93. The van der Waals surface area contributed by atoms with Crippen LogP contribution in [0.4, 0.5) is 23.2 Å². The quantitative estimate of drug-likeness (QED) is 0.210. The van der Waals surface area contributed by atoms with Crippen LogP contribution in [0.2, 0.25) is 0 Å². The lowest BCUT2D eigenvalue weighted by atomic mass is 10.00. The van der Waals surface area contributed by atoms with Crippen molar-refractivity contribution in [3.05, 3.63) is 69.5 Å². The van der Waals surface area contributed by atoms with E-state index in [0.29, 0.717) is 36.0 Å². The van der Waals surface area contributed by atoms with Crippen LogP contribution in [0.15, 0.2) is 35.9 Å². The van der Waals surface area contributed by atoms with Crippen LogP contribution >= 0.6 is 0 Å². The van der Waals surface area contributed by atoms with E-state index in [1.165, 1.54) is 6.07 Å². The third kappa shape index (κ3) is 8.76. The summed E-state index contributed by atoms with van der Waals surface area (Å²) >= 11 is -1.33. The van der Waals surface area contributed by atoms with Gasteiger partial charge < -0.3 is 15.6 Å². The number of amides is 1. The van der Waals surface area contributed by atoms with Crippen molar-refractivity contribution >= 4 is 28.7 Å². The average Bonchev–Trinajstić information content (AvgIpc) is 2.78.